The van der Waals surface area contributed by atoms with Crippen molar-refractivity contribution in [2.45, 2.75) is 58.0 Å². The van der Waals surface area contributed by atoms with Gasteiger partial charge in [-0.3, -0.25) is 4.79 Å². The SMILES string of the molecule is COC(=O)C(C)(C)NC(=O)c1ccc2c(c1OCc1ccc(OC(F)(F)F)cc1)CCCC2. The predicted molar refractivity (Wildman–Crippen MR) is 114 cm³/mol. The van der Waals surface area contributed by atoms with E-state index in [1.165, 1.54) is 31.4 Å². The minimum Gasteiger partial charge on any atom is -0.488 e. The summed E-state index contributed by atoms with van der Waals surface area (Å²) in [5.74, 6) is -0.977. The second kappa shape index (κ2) is 9.72. The maximum Gasteiger partial charge on any atom is 0.573 e. The van der Waals surface area contributed by atoms with Crippen molar-refractivity contribution < 1.29 is 37.0 Å². The van der Waals surface area contributed by atoms with Crippen LogP contribution >= 0.6 is 0 Å². The van der Waals surface area contributed by atoms with Crippen LogP contribution in [0.5, 0.6) is 11.5 Å². The summed E-state index contributed by atoms with van der Waals surface area (Å²) < 4.78 is 51.8. The summed E-state index contributed by atoms with van der Waals surface area (Å²) in [5.41, 5.74) is 1.67. The highest BCUT2D eigenvalue weighted by Crippen LogP contribution is 2.34. The molecule has 2 aromatic carbocycles. The fourth-order valence-corrected chi connectivity index (χ4v) is 3.74. The third-order valence-corrected chi connectivity index (χ3v) is 5.39. The van der Waals surface area contributed by atoms with Gasteiger partial charge in [0.15, 0.2) is 0 Å². The lowest BCUT2D eigenvalue weighted by Gasteiger charge is -2.26. The van der Waals surface area contributed by atoms with E-state index in [0.717, 1.165) is 36.8 Å². The van der Waals surface area contributed by atoms with E-state index in [1.54, 1.807) is 19.9 Å². The van der Waals surface area contributed by atoms with Crippen molar-refractivity contribution in [1.82, 2.24) is 5.32 Å². The Labute approximate surface area is 190 Å². The maximum absolute atomic E-state index is 13.1. The second-order valence-electron chi connectivity index (χ2n) is 8.34. The number of carbonyl (C=O) groups excluding carboxylic acids is 2. The minimum absolute atomic E-state index is 0.0451. The molecule has 1 amide bonds. The van der Waals surface area contributed by atoms with E-state index < -0.39 is 23.8 Å². The summed E-state index contributed by atoms with van der Waals surface area (Å²) in [4.78, 5) is 25.0. The van der Waals surface area contributed by atoms with Crippen molar-refractivity contribution >= 4 is 11.9 Å². The van der Waals surface area contributed by atoms with Crippen molar-refractivity contribution in [3.63, 3.8) is 0 Å². The number of hydrogen-bond donors (Lipinski definition) is 1. The molecule has 33 heavy (non-hydrogen) atoms. The van der Waals surface area contributed by atoms with Gasteiger partial charge in [-0.2, -0.15) is 0 Å². The van der Waals surface area contributed by atoms with Gasteiger partial charge in [0.25, 0.3) is 5.91 Å². The molecule has 0 saturated carbocycles. The average Bonchev–Trinajstić information content (AvgIpc) is 2.76. The number of rotatable bonds is 7. The first-order chi connectivity index (χ1) is 15.5. The lowest BCUT2D eigenvalue weighted by Crippen LogP contribution is -2.50. The molecule has 0 saturated heterocycles. The summed E-state index contributed by atoms with van der Waals surface area (Å²) in [6.45, 7) is 3.13. The fourth-order valence-electron chi connectivity index (χ4n) is 3.74. The first-order valence-electron chi connectivity index (χ1n) is 10.5. The molecule has 2 aromatic rings. The molecule has 0 radical (unpaired) electrons. The van der Waals surface area contributed by atoms with Crippen LogP contribution in [0.3, 0.4) is 0 Å². The van der Waals surface area contributed by atoms with Crippen LogP contribution in [0.15, 0.2) is 36.4 Å². The van der Waals surface area contributed by atoms with Gasteiger partial charge in [-0.25, -0.2) is 4.79 Å². The number of methoxy groups -OCH3 is 1. The molecule has 0 spiro atoms. The molecular formula is C24H26F3NO5. The summed E-state index contributed by atoms with van der Waals surface area (Å²) in [5, 5.41) is 2.68. The molecule has 0 bridgehead atoms. The second-order valence-corrected chi connectivity index (χ2v) is 8.34. The number of alkyl halides is 3. The summed E-state index contributed by atoms with van der Waals surface area (Å²) in [6, 6.07) is 8.92. The van der Waals surface area contributed by atoms with Crippen molar-refractivity contribution in [2.75, 3.05) is 7.11 Å². The van der Waals surface area contributed by atoms with Crippen LogP contribution in [0.4, 0.5) is 13.2 Å². The number of ether oxygens (including phenoxy) is 3. The Kier molecular flexibility index (Phi) is 7.19. The number of amides is 1. The van der Waals surface area contributed by atoms with Crippen LogP contribution in [-0.4, -0.2) is 30.9 Å². The molecule has 6 nitrogen and oxygen atoms in total. The Morgan fingerprint density at radius 3 is 2.30 bits per heavy atom. The molecule has 9 heteroatoms. The van der Waals surface area contributed by atoms with E-state index in [-0.39, 0.29) is 17.9 Å². The number of hydrogen-bond acceptors (Lipinski definition) is 5. The van der Waals surface area contributed by atoms with E-state index in [2.05, 4.69) is 10.1 Å². The molecule has 3 rings (SSSR count). The van der Waals surface area contributed by atoms with Gasteiger partial charge in [-0.05, 0) is 74.4 Å². The zero-order chi connectivity index (χ0) is 24.2. The predicted octanol–water partition coefficient (Wildman–Crippen LogP) is 4.72. The van der Waals surface area contributed by atoms with E-state index >= 15 is 0 Å². The third-order valence-electron chi connectivity index (χ3n) is 5.39. The van der Waals surface area contributed by atoms with E-state index in [1.807, 2.05) is 6.07 Å². The minimum atomic E-state index is -4.76. The van der Waals surface area contributed by atoms with Crippen molar-refractivity contribution in [3.05, 3.63) is 58.7 Å². The standard InChI is InChI=1S/C24H26F3NO5/c1-23(2,22(30)31-3)28-21(29)19-13-10-16-6-4-5-7-18(16)20(19)32-14-15-8-11-17(12-9-15)33-24(25,26)27/h8-13H,4-7,14H2,1-3H3,(H,28,29). The van der Waals surface area contributed by atoms with Gasteiger partial charge < -0.3 is 19.5 Å². The lowest BCUT2D eigenvalue weighted by atomic mass is 9.89. The highest BCUT2D eigenvalue weighted by Gasteiger charge is 2.33. The molecule has 1 aliphatic carbocycles. The highest BCUT2D eigenvalue weighted by molar-refractivity contribution is 6.00. The molecule has 1 N–H and O–H groups in total. The van der Waals surface area contributed by atoms with E-state index in [0.29, 0.717) is 11.3 Å². The number of fused-ring (bicyclic) bond motifs is 1. The van der Waals surface area contributed by atoms with E-state index in [9.17, 15) is 22.8 Å². The van der Waals surface area contributed by atoms with Crippen LogP contribution in [0, 0.1) is 0 Å². The number of aryl methyl sites for hydroxylation is 1. The molecule has 0 unspecified atom stereocenters. The Morgan fingerprint density at radius 2 is 1.67 bits per heavy atom. The largest absolute Gasteiger partial charge is 0.573 e. The van der Waals surface area contributed by atoms with Crippen LogP contribution in [0.25, 0.3) is 0 Å². The smallest absolute Gasteiger partial charge is 0.488 e. The quantitative estimate of drug-likeness (QED) is 0.599. The van der Waals surface area contributed by atoms with Gasteiger partial charge >= 0.3 is 12.3 Å². The van der Waals surface area contributed by atoms with Gasteiger partial charge in [0, 0.05) is 0 Å². The Morgan fingerprint density at radius 1 is 1.00 bits per heavy atom. The molecule has 178 valence electrons. The summed E-state index contributed by atoms with van der Waals surface area (Å²) >= 11 is 0. The van der Waals surface area contributed by atoms with Gasteiger partial charge in [-0.1, -0.05) is 18.2 Å². The Bertz CT molecular complexity index is 1020. The highest BCUT2D eigenvalue weighted by atomic mass is 19.4. The topological polar surface area (TPSA) is 73.9 Å². The summed E-state index contributed by atoms with van der Waals surface area (Å²) in [6.07, 6.45) is -1.17. The van der Waals surface area contributed by atoms with E-state index in [4.69, 9.17) is 9.47 Å². The van der Waals surface area contributed by atoms with Crippen molar-refractivity contribution in [1.29, 1.82) is 0 Å². The monoisotopic (exact) mass is 465 g/mol. The Balaban J connectivity index is 1.84. The normalized spacial score (nSPS) is 13.6. The molecule has 1 aliphatic rings. The van der Waals surface area contributed by atoms with Crippen molar-refractivity contribution in [2.24, 2.45) is 0 Å². The van der Waals surface area contributed by atoms with Gasteiger partial charge in [0.05, 0.1) is 12.7 Å². The Hall–Kier alpha value is -3.23. The summed E-state index contributed by atoms with van der Waals surface area (Å²) in [7, 11) is 1.24. The number of halogens is 3. The number of esters is 1. The van der Waals surface area contributed by atoms with Gasteiger partial charge in [-0.15, -0.1) is 13.2 Å². The number of benzene rings is 2. The van der Waals surface area contributed by atoms with Crippen LogP contribution in [-0.2, 0) is 29.0 Å². The molecule has 0 heterocycles. The molecule has 0 aromatic heterocycles. The lowest BCUT2D eigenvalue weighted by molar-refractivity contribution is -0.274. The van der Waals surface area contributed by atoms with Gasteiger partial charge in [0.2, 0.25) is 0 Å². The third kappa shape index (κ3) is 6.18. The fraction of sp³-hybridized carbons (Fsp3) is 0.417. The molecule has 0 atom stereocenters. The molecular weight excluding hydrogens is 439 g/mol. The van der Waals surface area contributed by atoms with Crippen LogP contribution < -0.4 is 14.8 Å². The molecule has 0 aliphatic heterocycles. The zero-order valence-corrected chi connectivity index (χ0v) is 18.7. The number of carbonyl (C=O) groups is 2. The number of nitrogens with one attached hydrogen (secondary N) is 1. The molecule has 0 fully saturated rings. The zero-order valence-electron chi connectivity index (χ0n) is 18.7. The van der Waals surface area contributed by atoms with Crippen LogP contribution in [0.2, 0.25) is 0 Å². The van der Waals surface area contributed by atoms with Crippen molar-refractivity contribution in [3.8, 4) is 11.5 Å². The first kappa shape index (κ1) is 24.4. The van der Waals surface area contributed by atoms with Crippen LogP contribution in [0.1, 0.15) is 53.7 Å². The average molecular weight is 465 g/mol. The van der Waals surface area contributed by atoms with Gasteiger partial charge in [0.1, 0.15) is 23.6 Å². The maximum atomic E-state index is 13.1. The first-order valence-corrected chi connectivity index (χ1v) is 10.5.